The van der Waals surface area contributed by atoms with Gasteiger partial charge in [0.05, 0.1) is 6.54 Å². The van der Waals surface area contributed by atoms with E-state index in [1.54, 1.807) is 6.07 Å². The molecule has 5 nitrogen and oxygen atoms in total. The SMILES string of the molecule is C[C@@H]1C/C2=C\Oc3ccc(F)c(c3)C3=C4NC(=NCCN2C1)C=CN4C1=CC13. The Balaban J connectivity index is 1.48. The number of hydrogen-bond acceptors (Lipinski definition) is 5. The molecule has 1 aliphatic carbocycles. The van der Waals surface area contributed by atoms with Crippen LogP contribution in [0.5, 0.6) is 5.75 Å². The second kappa shape index (κ2) is 5.74. The van der Waals surface area contributed by atoms with Gasteiger partial charge in [-0.15, -0.1) is 0 Å². The lowest BCUT2D eigenvalue weighted by Gasteiger charge is -2.25. The average Bonchev–Trinajstić information content (AvgIpc) is 3.29. The number of aliphatic imine (C=N–C) groups is 1. The molecule has 6 rings (SSSR count). The number of halogens is 1. The third kappa shape index (κ3) is 2.40. The second-order valence-electron chi connectivity index (χ2n) is 8.03. The predicted octanol–water partition coefficient (Wildman–Crippen LogP) is 3.41. The molecule has 0 spiro atoms. The molecule has 6 heteroatoms. The Kier molecular flexibility index (Phi) is 3.27. The smallest absolute Gasteiger partial charge is 0.131 e. The largest absolute Gasteiger partial charge is 0.463 e. The molecule has 1 saturated heterocycles. The van der Waals surface area contributed by atoms with Gasteiger partial charge in [-0.2, -0.15) is 0 Å². The number of nitrogens with zero attached hydrogens (tertiary/aromatic N) is 3. The first-order chi connectivity index (χ1) is 13.7. The predicted molar refractivity (Wildman–Crippen MR) is 105 cm³/mol. The Bertz CT molecular complexity index is 1030. The summed E-state index contributed by atoms with van der Waals surface area (Å²) in [6.45, 7) is 4.82. The molecule has 1 aromatic rings. The first-order valence-corrected chi connectivity index (χ1v) is 9.83. The maximum atomic E-state index is 14.8. The van der Waals surface area contributed by atoms with Crippen molar-refractivity contribution < 1.29 is 9.13 Å². The number of benzene rings is 1. The third-order valence-corrected chi connectivity index (χ3v) is 5.97. The Morgan fingerprint density at radius 2 is 2.25 bits per heavy atom. The van der Waals surface area contributed by atoms with Crippen molar-refractivity contribution in [3.05, 3.63) is 71.4 Å². The summed E-state index contributed by atoms with van der Waals surface area (Å²) < 4.78 is 20.8. The monoisotopic (exact) mass is 376 g/mol. The van der Waals surface area contributed by atoms with Crippen LogP contribution in [-0.4, -0.2) is 35.3 Å². The zero-order valence-corrected chi connectivity index (χ0v) is 15.7. The summed E-state index contributed by atoms with van der Waals surface area (Å²) in [5, 5.41) is 3.42. The van der Waals surface area contributed by atoms with Gasteiger partial charge in [-0.25, -0.2) is 4.39 Å². The molecule has 1 fully saturated rings. The van der Waals surface area contributed by atoms with Crippen molar-refractivity contribution in [1.29, 1.82) is 0 Å². The molecule has 2 atom stereocenters. The van der Waals surface area contributed by atoms with Crippen LogP contribution in [0.3, 0.4) is 0 Å². The fourth-order valence-corrected chi connectivity index (χ4v) is 4.59. The standard InChI is InChI=1S/C22H21FN4O/c1-13-8-14-12-28-15-2-3-18(23)16(9-15)21-17-10-19(17)27-6-4-20(25-22(21)27)24-5-7-26(14)11-13/h2-4,6,9-10,12-13,17H,5,7-8,11H2,1H3,(H,24,25)/b14-12+/t13-,17?/m1/s1. The summed E-state index contributed by atoms with van der Waals surface area (Å²) in [5.74, 6) is 2.91. The number of hydrogen-bond donors (Lipinski definition) is 1. The van der Waals surface area contributed by atoms with Crippen molar-refractivity contribution in [3.63, 3.8) is 0 Å². The number of fused-ring (bicyclic) bond motifs is 8. The highest BCUT2D eigenvalue weighted by atomic mass is 19.1. The number of nitrogens with one attached hydrogen (secondary N) is 1. The lowest BCUT2D eigenvalue weighted by molar-refractivity contribution is 0.363. The molecular formula is C22H21FN4O. The normalized spacial score (nSPS) is 29.0. The first kappa shape index (κ1) is 16.0. The van der Waals surface area contributed by atoms with Crippen LogP contribution in [0.1, 0.15) is 18.9 Å². The van der Waals surface area contributed by atoms with E-state index in [-0.39, 0.29) is 11.7 Å². The Morgan fingerprint density at radius 3 is 3.18 bits per heavy atom. The van der Waals surface area contributed by atoms with E-state index in [1.807, 2.05) is 24.6 Å². The molecule has 5 aliphatic rings. The number of amidine groups is 1. The molecule has 0 amide bonds. The van der Waals surface area contributed by atoms with E-state index in [0.717, 1.165) is 36.7 Å². The van der Waals surface area contributed by atoms with E-state index < -0.39 is 0 Å². The lowest BCUT2D eigenvalue weighted by Crippen LogP contribution is -2.33. The molecule has 0 aromatic heterocycles. The van der Waals surface area contributed by atoms with Crippen LogP contribution in [0.15, 0.2) is 65.0 Å². The van der Waals surface area contributed by atoms with Gasteiger partial charge in [0.2, 0.25) is 0 Å². The van der Waals surface area contributed by atoms with Crippen LogP contribution in [0.4, 0.5) is 4.39 Å². The fraction of sp³-hybridized carbons (Fsp3) is 0.318. The van der Waals surface area contributed by atoms with Gasteiger partial charge in [0.1, 0.15) is 29.5 Å². The van der Waals surface area contributed by atoms with Crippen LogP contribution in [0, 0.1) is 17.7 Å². The molecule has 4 bridgehead atoms. The van der Waals surface area contributed by atoms with Crippen molar-refractivity contribution in [2.45, 2.75) is 13.3 Å². The quantitative estimate of drug-likeness (QED) is 0.753. The van der Waals surface area contributed by atoms with Crippen LogP contribution >= 0.6 is 0 Å². The van der Waals surface area contributed by atoms with Crippen LogP contribution in [0.25, 0.3) is 5.57 Å². The number of allylic oxidation sites excluding steroid dienone is 3. The van der Waals surface area contributed by atoms with Crippen LogP contribution in [0.2, 0.25) is 0 Å². The van der Waals surface area contributed by atoms with Gasteiger partial charge >= 0.3 is 0 Å². The Labute approximate surface area is 163 Å². The number of ether oxygens (including phenoxy) is 1. The highest BCUT2D eigenvalue weighted by Gasteiger charge is 2.45. The van der Waals surface area contributed by atoms with Gasteiger partial charge in [-0.05, 0) is 36.6 Å². The highest BCUT2D eigenvalue weighted by Crippen LogP contribution is 2.53. The van der Waals surface area contributed by atoms with Crippen molar-refractivity contribution in [2.24, 2.45) is 16.8 Å². The van der Waals surface area contributed by atoms with Gasteiger partial charge in [0, 0.05) is 47.7 Å². The van der Waals surface area contributed by atoms with Crippen LogP contribution < -0.4 is 10.1 Å². The highest BCUT2D eigenvalue weighted by molar-refractivity contribution is 5.98. The molecule has 0 saturated carbocycles. The molecule has 1 unspecified atom stereocenters. The van der Waals surface area contributed by atoms with E-state index in [4.69, 9.17) is 9.73 Å². The molecule has 1 aromatic carbocycles. The maximum absolute atomic E-state index is 14.8. The van der Waals surface area contributed by atoms with E-state index in [0.29, 0.717) is 23.8 Å². The van der Waals surface area contributed by atoms with Gasteiger partial charge in [-0.3, -0.25) is 4.99 Å². The van der Waals surface area contributed by atoms with E-state index in [2.05, 4.69) is 28.1 Å². The Morgan fingerprint density at radius 1 is 1.32 bits per heavy atom. The molecule has 142 valence electrons. The van der Waals surface area contributed by atoms with Gasteiger partial charge < -0.3 is 19.9 Å². The van der Waals surface area contributed by atoms with Crippen molar-refractivity contribution in [1.82, 2.24) is 15.1 Å². The minimum atomic E-state index is -0.234. The van der Waals surface area contributed by atoms with Crippen molar-refractivity contribution in [2.75, 3.05) is 19.6 Å². The summed E-state index contributed by atoms with van der Waals surface area (Å²) in [6, 6.07) is 5.01. The van der Waals surface area contributed by atoms with Gasteiger partial charge in [0.15, 0.2) is 0 Å². The molecular weight excluding hydrogens is 355 g/mol. The van der Waals surface area contributed by atoms with E-state index >= 15 is 0 Å². The van der Waals surface area contributed by atoms with Gasteiger partial charge in [0.25, 0.3) is 0 Å². The fourth-order valence-electron chi connectivity index (χ4n) is 4.59. The molecule has 4 aliphatic heterocycles. The van der Waals surface area contributed by atoms with Crippen molar-refractivity contribution in [3.8, 4) is 5.75 Å². The average molecular weight is 376 g/mol. The summed E-state index contributed by atoms with van der Waals surface area (Å²) in [7, 11) is 0. The third-order valence-electron chi connectivity index (χ3n) is 5.97. The van der Waals surface area contributed by atoms with Crippen LogP contribution in [-0.2, 0) is 0 Å². The molecule has 28 heavy (non-hydrogen) atoms. The lowest BCUT2D eigenvalue weighted by atomic mass is 10.00. The summed E-state index contributed by atoms with van der Waals surface area (Å²) in [4.78, 5) is 9.17. The summed E-state index contributed by atoms with van der Waals surface area (Å²) >= 11 is 0. The first-order valence-electron chi connectivity index (χ1n) is 9.83. The summed E-state index contributed by atoms with van der Waals surface area (Å²) in [6.07, 6.45) is 8.99. The number of rotatable bonds is 0. The van der Waals surface area contributed by atoms with Crippen molar-refractivity contribution >= 4 is 11.4 Å². The summed E-state index contributed by atoms with van der Waals surface area (Å²) in [5.41, 5.74) is 3.91. The molecule has 0 radical (unpaired) electrons. The minimum Gasteiger partial charge on any atom is -0.463 e. The zero-order valence-electron chi connectivity index (χ0n) is 15.7. The zero-order chi connectivity index (χ0) is 18.8. The molecule has 4 heterocycles. The minimum absolute atomic E-state index is 0.161. The second-order valence-corrected chi connectivity index (χ2v) is 8.03. The molecule has 1 N–H and O–H groups in total. The Hall–Kier alpha value is -3.02. The topological polar surface area (TPSA) is 40.1 Å². The van der Waals surface area contributed by atoms with E-state index in [9.17, 15) is 4.39 Å². The van der Waals surface area contributed by atoms with Gasteiger partial charge in [-0.1, -0.05) is 13.0 Å². The maximum Gasteiger partial charge on any atom is 0.131 e. The van der Waals surface area contributed by atoms with E-state index in [1.165, 1.54) is 17.5 Å².